The second-order valence-electron chi connectivity index (χ2n) is 5.08. The second-order valence-corrected chi connectivity index (χ2v) is 5.08. The topological polar surface area (TPSA) is 29.9 Å². The normalized spacial score (nSPS) is 15.8. The minimum Gasteiger partial charge on any atom is -0.352 e. The van der Waals surface area contributed by atoms with Crippen molar-refractivity contribution in [3.8, 4) is 0 Å². The lowest BCUT2D eigenvalue weighted by molar-refractivity contribution is 0.523. The Morgan fingerprint density at radius 1 is 1.32 bits per heavy atom. The molecule has 1 aliphatic rings. The first kappa shape index (κ1) is 12.2. The van der Waals surface area contributed by atoms with Crippen LogP contribution in [-0.2, 0) is 6.54 Å². The van der Waals surface area contributed by atoms with E-state index in [-0.39, 0.29) is 5.82 Å². The summed E-state index contributed by atoms with van der Waals surface area (Å²) in [6, 6.07) is 7.23. The van der Waals surface area contributed by atoms with Gasteiger partial charge in [-0.15, -0.1) is 0 Å². The van der Waals surface area contributed by atoms with E-state index in [1.54, 1.807) is 12.1 Å². The lowest BCUT2D eigenvalue weighted by Crippen LogP contribution is -2.10. The summed E-state index contributed by atoms with van der Waals surface area (Å²) in [5.41, 5.74) is 0.931. The molecular formula is C15H18FN3. The van der Waals surface area contributed by atoms with E-state index in [9.17, 15) is 4.39 Å². The van der Waals surface area contributed by atoms with Crippen molar-refractivity contribution in [2.24, 2.45) is 0 Å². The smallest absolute Gasteiger partial charge is 0.203 e. The highest BCUT2D eigenvalue weighted by Crippen LogP contribution is 2.31. The molecule has 19 heavy (non-hydrogen) atoms. The Labute approximate surface area is 112 Å². The van der Waals surface area contributed by atoms with Crippen LogP contribution in [0.1, 0.15) is 37.3 Å². The molecule has 3 nitrogen and oxygen atoms in total. The van der Waals surface area contributed by atoms with Gasteiger partial charge in [0.2, 0.25) is 5.95 Å². The van der Waals surface area contributed by atoms with Gasteiger partial charge in [-0.3, -0.25) is 0 Å². The largest absolute Gasteiger partial charge is 0.352 e. The highest BCUT2D eigenvalue weighted by atomic mass is 19.1. The number of hydrogen-bond acceptors (Lipinski definition) is 2. The number of anilines is 1. The number of halogens is 1. The third-order valence-electron chi connectivity index (χ3n) is 3.73. The van der Waals surface area contributed by atoms with Gasteiger partial charge in [0.15, 0.2) is 0 Å². The Morgan fingerprint density at radius 3 is 2.95 bits per heavy atom. The molecule has 0 aliphatic heterocycles. The second kappa shape index (κ2) is 5.43. The van der Waals surface area contributed by atoms with Gasteiger partial charge in [0, 0.05) is 25.0 Å². The first-order valence-corrected chi connectivity index (χ1v) is 6.84. The quantitative estimate of drug-likeness (QED) is 0.906. The van der Waals surface area contributed by atoms with E-state index in [1.807, 2.05) is 18.5 Å². The zero-order valence-electron chi connectivity index (χ0n) is 10.8. The maximum atomic E-state index is 13.1. The molecular weight excluding hydrogens is 241 g/mol. The zero-order valence-corrected chi connectivity index (χ0v) is 10.8. The van der Waals surface area contributed by atoms with E-state index in [4.69, 9.17) is 0 Å². The molecule has 0 atom stereocenters. The summed E-state index contributed by atoms with van der Waals surface area (Å²) >= 11 is 0. The van der Waals surface area contributed by atoms with E-state index in [2.05, 4.69) is 14.9 Å². The van der Waals surface area contributed by atoms with Gasteiger partial charge >= 0.3 is 0 Å². The van der Waals surface area contributed by atoms with Gasteiger partial charge in [-0.1, -0.05) is 25.0 Å². The van der Waals surface area contributed by atoms with Gasteiger partial charge in [-0.25, -0.2) is 9.37 Å². The molecule has 1 N–H and O–H groups in total. The third-order valence-corrected chi connectivity index (χ3v) is 3.73. The minimum atomic E-state index is -0.196. The van der Waals surface area contributed by atoms with Gasteiger partial charge in [0.1, 0.15) is 5.82 Å². The van der Waals surface area contributed by atoms with Gasteiger partial charge < -0.3 is 9.88 Å². The van der Waals surface area contributed by atoms with Crippen LogP contribution in [-0.4, -0.2) is 9.55 Å². The predicted molar refractivity (Wildman–Crippen MR) is 73.5 cm³/mol. The fraction of sp³-hybridized carbons (Fsp3) is 0.400. The molecule has 1 saturated carbocycles. The summed E-state index contributed by atoms with van der Waals surface area (Å²) in [6.07, 6.45) is 8.91. The molecule has 0 bridgehead atoms. The highest BCUT2D eigenvalue weighted by Gasteiger charge is 2.18. The van der Waals surface area contributed by atoms with Crippen molar-refractivity contribution in [1.29, 1.82) is 0 Å². The third kappa shape index (κ3) is 2.78. The molecule has 4 heteroatoms. The molecule has 0 unspecified atom stereocenters. The Balaban J connectivity index is 1.68. The van der Waals surface area contributed by atoms with E-state index >= 15 is 0 Å². The maximum absolute atomic E-state index is 13.1. The van der Waals surface area contributed by atoms with Crippen molar-refractivity contribution >= 4 is 5.95 Å². The summed E-state index contributed by atoms with van der Waals surface area (Å²) < 4.78 is 15.3. The average Bonchev–Trinajstić information content (AvgIpc) is 3.07. The van der Waals surface area contributed by atoms with Crippen LogP contribution in [0.5, 0.6) is 0 Å². The summed E-state index contributed by atoms with van der Waals surface area (Å²) in [4.78, 5) is 4.36. The van der Waals surface area contributed by atoms with Gasteiger partial charge in [-0.05, 0) is 30.5 Å². The number of hydrogen-bond donors (Lipinski definition) is 1. The lowest BCUT2D eigenvalue weighted by atomic mass is 10.2. The number of nitrogens with zero attached hydrogens (tertiary/aromatic N) is 2. The highest BCUT2D eigenvalue weighted by molar-refractivity contribution is 5.30. The van der Waals surface area contributed by atoms with Gasteiger partial charge in [0.05, 0.1) is 0 Å². The first-order valence-electron chi connectivity index (χ1n) is 6.84. The Hall–Kier alpha value is -1.84. The molecule has 0 spiro atoms. The summed E-state index contributed by atoms with van der Waals surface area (Å²) in [6.45, 7) is 0.599. The molecule has 2 aromatic rings. The fourth-order valence-electron chi connectivity index (χ4n) is 2.76. The molecule has 1 aliphatic carbocycles. The number of aromatic nitrogens is 2. The monoisotopic (exact) mass is 259 g/mol. The Bertz CT molecular complexity index is 544. The molecule has 1 heterocycles. The molecule has 3 rings (SSSR count). The van der Waals surface area contributed by atoms with Crippen LogP contribution in [0, 0.1) is 5.82 Å². The molecule has 0 amide bonds. The van der Waals surface area contributed by atoms with Crippen molar-refractivity contribution < 1.29 is 4.39 Å². The number of benzene rings is 1. The van der Waals surface area contributed by atoms with Crippen molar-refractivity contribution in [3.63, 3.8) is 0 Å². The van der Waals surface area contributed by atoms with Gasteiger partial charge in [0.25, 0.3) is 0 Å². The van der Waals surface area contributed by atoms with E-state index < -0.39 is 0 Å². The van der Waals surface area contributed by atoms with Crippen LogP contribution >= 0.6 is 0 Å². The average molecular weight is 259 g/mol. The summed E-state index contributed by atoms with van der Waals surface area (Å²) in [5, 5.41) is 3.30. The zero-order chi connectivity index (χ0) is 13.1. The van der Waals surface area contributed by atoms with E-state index in [0.717, 1.165) is 11.5 Å². The SMILES string of the molecule is Fc1cccc(CNc2nccn2C2CCCC2)c1. The van der Waals surface area contributed by atoms with Crippen molar-refractivity contribution in [2.45, 2.75) is 38.3 Å². The summed E-state index contributed by atoms with van der Waals surface area (Å²) in [5.74, 6) is 0.689. The number of rotatable bonds is 4. The number of nitrogens with one attached hydrogen (secondary N) is 1. The maximum Gasteiger partial charge on any atom is 0.203 e. The van der Waals surface area contributed by atoms with Crippen LogP contribution in [0.4, 0.5) is 10.3 Å². The van der Waals surface area contributed by atoms with Crippen LogP contribution in [0.25, 0.3) is 0 Å². The number of imidazole rings is 1. The molecule has 1 aromatic carbocycles. The lowest BCUT2D eigenvalue weighted by Gasteiger charge is -2.15. The van der Waals surface area contributed by atoms with Crippen molar-refractivity contribution in [3.05, 3.63) is 48.0 Å². The molecule has 0 radical (unpaired) electrons. The van der Waals surface area contributed by atoms with E-state index in [0.29, 0.717) is 12.6 Å². The first-order chi connectivity index (χ1) is 9.33. The molecule has 100 valence electrons. The molecule has 0 saturated heterocycles. The molecule has 1 fully saturated rings. The standard InChI is InChI=1S/C15H18FN3/c16-13-5-3-4-12(10-13)11-18-15-17-8-9-19(15)14-6-1-2-7-14/h3-5,8-10,14H,1-2,6-7,11H2,(H,17,18). The van der Waals surface area contributed by atoms with Crippen LogP contribution in [0.2, 0.25) is 0 Å². The predicted octanol–water partition coefficient (Wildman–Crippen LogP) is 3.75. The summed E-state index contributed by atoms with van der Waals surface area (Å²) in [7, 11) is 0. The minimum absolute atomic E-state index is 0.196. The molecule has 1 aromatic heterocycles. The van der Waals surface area contributed by atoms with Crippen molar-refractivity contribution in [1.82, 2.24) is 9.55 Å². The van der Waals surface area contributed by atoms with Crippen molar-refractivity contribution in [2.75, 3.05) is 5.32 Å². The Morgan fingerprint density at radius 2 is 2.16 bits per heavy atom. The van der Waals surface area contributed by atoms with Gasteiger partial charge in [-0.2, -0.15) is 0 Å². The Kier molecular flexibility index (Phi) is 3.49. The fourth-order valence-corrected chi connectivity index (χ4v) is 2.76. The van der Waals surface area contributed by atoms with E-state index in [1.165, 1.54) is 31.7 Å². The van der Waals surface area contributed by atoms with Crippen LogP contribution in [0.3, 0.4) is 0 Å². The van der Waals surface area contributed by atoms with Crippen LogP contribution < -0.4 is 5.32 Å². The van der Waals surface area contributed by atoms with Crippen LogP contribution in [0.15, 0.2) is 36.7 Å².